The molecular formula is C12H23BrN2OSi. The summed E-state index contributed by atoms with van der Waals surface area (Å²) in [4.78, 5) is 0. The molecule has 1 aromatic rings. The highest BCUT2D eigenvalue weighted by Crippen LogP contribution is 2.37. The van der Waals surface area contributed by atoms with Crippen LogP contribution >= 0.6 is 15.9 Å². The molecule has 5 heteroatoms. The lowest BCUT2D eigenvalue weighted by molar-refractivity contribution is 0.270. The predicted octanol–water partition coefficient (Wildman–Crippen LogP) is 4.01. The van der Waals surface area contributed by atoms with Crippen molar-refractivity contribution in [3.63, 3.8) is 0 Å². The van der Waals surface area contributed by atoms with Crippen molar-refractivity contribution in [2.75, 3.05) is 0 Å². The lowest BCUT2D eigenvalue weighted by Gasteiger charge is -2.35. The van der Waals surface area contributed by atoms with Crippen LogP contribution < -0.4 is 0 Å². The lowest BCUT2D eigenvalue weighted by atomic mass is 10.2. The van der Waals surface area contributed by atoms with Gasteiger partial charge in [-0.1, -0.05) is 20.8 Å². The molecule has 0 N–H and O–H groups in total. The van der Waals surface area contributed by atoms with Crippen molar-refractivity contribution >= 4 is 24.2 Å². The largest absolute Gasteiger partial charge is 0.411 e. The summed E-state index contributed by atoms with van der Waals surface area (Å²) in [6.45, 7) is 13.9. The van der Waals surface area contributed by atoms with E-state index < -0.39 is 8.32 Å². The summed E-state index contributed by atoms with van der Waals surface area (Å²) in [6, 6.07) is 0. The minimum Gasteiger partial charge on any atom is -0.411 e. The molecule has 0 aromatic carbocycles. The minimum atomic E-state index is -1.69. The van der Waals surface area contributed by atoms with Crippen LogP contribution in [0.1, 0.15) is 32.2 Å². The molecule has 1 aromatic heterocycles. The zero-order valence-electron chi connectivity index (χ0n) is 11.9. The maximum Gasteiger partial charge on any atom is 0.192 e. The van der Waals surface area contributed by atoms with E-state index in [1.165, 1.54) is 0 Å². The Morgan fingerprint density at radius 1 is 1.35 bits per heavy atom. The number of aromatic nitrogens is 2. The average Bonchev–Trinajstić information content (AvgIpc) is 2.41. The number of hydrogen-bond acceptors (Lipinski definition) is 2. The Bertz CT molecular complexity index is 407. The molecule has 0 bridgehead atoms. The normalized spacial score (nSPS) is 13.2. The molecular weight excluding hydrogens is 296 g/mol. The molecule has 1 heterocycles. The van der Waals surface area contributed by atoms with Gasteiger partial charge in [0.1, 0.15) is 5.69 Å². The van der Waals surface area contributed by atoms with Gasteiger partial charge in [0, 0.05) is 12.7 Å². The molecule has 0 radical (unpaired) electrons. The van der Waals surface area contributed by atoms with Gasteiger partial charge < -0.3 is 4.43 Å². The first kappa shape index (κ1) is 14.9. The number of nitrogens with zero attached hydrogens (tertiary/aromatic N) is 2. The van der Waals surface area contributed by atoms with Gasteiger partial charge in [-0.2, -0.15) is 5.10 Å². The third-order valence-corrected chi connectivity index (χ3v) is 9.21. The van der Waals surface area contributed by atoms with E-state index >= 15 is 0 Å². The summed E-state index contributed by atoms with van der Waals surface area (Å²) in [5.74, 6) is 0. The van der Waals surface area contributed by atoms with Crippen LogP contribution in [-0.2, 0) is 18.1 Å². The van der Waals surface area contributed by atoms with Crippen LogP contribution in [0.2, 0.25) is 18.1 Å². The second-order valence-corrected chi connectivity index (χ2v) is 11.6. The van der Waals surface area contributed by atoms with Gasteiger partial charge in [0.25, 0.3) is 0 Å². The lowest BCUT2D eigenvalue weighted by Crippen LogP contribution is -2.40. The molecule has 1 rings (SSSR count). The van der Waals surface area contributed by atoms with Crippen molar-refractivity contribution in [2.24, 2.45) is 7.05 Å². The molecule has 98 valence electrons. The molecule has 0 aliphatic rings. The second kappa shape index (κ2) is 4.86. The number of halogens is 1. The van der Waals surface area contributed by atoms with Crippen LogP contribution in [0.25, 0.3) is 0 Å². The minimum absolute atomic E-state index is 0.239. The zero-order valence-corrected chi connectivity index (χ0v) is 14.5. The maximum atomic E-state index is 6.16. The van der Waals surface area contributed by atoms with E-state index in [0.29, 0.717) is 6.61 Å². The van der Waals surface area contributed by atoms with Gasteiger partial charge in [-0.15, -0.1) is 0 Å². The zero-order chi connectivity index (χ0) is 13.4. The Labute approximate surface area is 114 Å². The topological polar surface area (TPSA) is 27.1 Å². The summed E-state index contributed by atoms with van der Waals surface area (Å²) in [7, 11) is 0.265. The van der Waals surface area contributed by atoms with Crippen LogP contribution in [0.4, 0.5) is 0 Å². The molecule has 0 unspecified atom stereocenters. The van der Waals surface area contributed by atoms with Gasteiger partial charge in [0.05, 0.1) is 11.1 Å². The standard InChI is InChI=1S/C12H23BrN2OSi/c1-9-11(13)10(14-15(9)5)8-16-17(6,7)12(2,3)4/h8H2,1-7H3. The highest BCUT2D eigenvalue weighted by Gasteiger charge is 2.37. The van der Waals surface area contributed by atoms with E-state index in [1.807, 2.05) is 18.7 Å². The molecule has 17 heavy (non-hydrogen) atoms. The molecule has 0 amide bonds. The summed E-state index contributed by atoms with van der Waals surface area (Å²) >= 11 is 3.57. The smallest absolute Gasteiger partial charge is 0.192 e. The van der Waals surface area contributed by atoms with Crippen molar-refractivity contribution < 1.29 is 4.43 Å². The van der Waals surface area contributed by atoms with E-state index in [9.17, 15) is 0 Å². The van der Waals surface area contributed by atoms with Crippen molar-refractivity contribution in [1.82, 2.24) is 9.78 Å². The monoisotopic (exact) mass is 318 g/mol. The highest BCUT2D eigenvalue weighted by atomic mass is 79.9. The fourth-order valence-corrected chi connectivity index (χ4v) is 2.59. The van der Waals surface area contributed by atoms with Gasteiger partial charge in [-0.05, 0) is 41.0 Å². The second-order valence-electron chi connectivity index (χ2n) is 6.02. The fourth-order valence-electron chi connectivity index (χ4n) is 1.21. The van der Waals surface area contributed by atoms with Crippen LogP contribution in [0.3, 0.4) is 0 Å². The summed E-state index contributed by atoms with van der Waals surface area (Å²) < 4.78 is 9.11. The summed E-state index contributed by atoms with van der Waals surface area (Å²) in [5.41, 5.74) is 2.13. The third kappa shape index (κ3) is 3.20. The Hall–Kier alpha value is -0.133. The SMILES string of the molecule is Cc1c(Br)c(CO[Si](C)(C)C(C)(C)C)nn1C. The van der Waals surface area contributed by atoms with Crippen molar-refractivity contribution in [1.29, 1.82) is 0 Å². The van der Waals surface area contributed by atoms with Gasteiger partial charge in [-0.25, -0.2) is 0 Å². The average molecular weight is 319 g/mol. The van der Waals surface area contributed by atoms with Crippen molar-refractivity contribution in [3.05, 3.63) is 15.9 Å². The van der Waals surface area contributed by atoms with Crippen molar-refractivity contribution in [2.45, 2.75) is 52.4 Å². The van der Waals surface area contributed by atoms with Crippen molar-refractivity contribution in [3.8, 4) is 0 Å². The van der Waals surface area contributed by atoms with Crippen LogP contribution in [0, 0.1) is 6.92 Å². The maximum absolute atomic E-state index is 6.16. The summed E-state index contributed by atoms with van der Waals surface area (Å²) in [5, 5.41) is 4.70. The van der Waals surface area contributed by atoms with Crippen LogP contribution in [0.15, 0.2) is 4.47 Å². The fraction of sp³-hybridized carbons (Fsp3) is 0.750. The Morgan fingerprint density at radius 2 is 1.88 bits per heavy atom. The van der Waals surface area contributed by atoms with Gasteiger partial charge in [0.15, 0.2) is 8.32 Å². The molecule has 0 fully saturated rings. The number of rotatable bonds is 3. The Balaban J connectivity index is 2.78. The molecule has 3 nitrogen and oxygen atoms in total. The molecule has 0 spiro atoms. The third-order valence-electron chi connectivity index (χ3n) is 3.70. The predicted molar refractivity (Wildman–Crippen MR) is 77.6 cm³/mol. The van der Waals surface area contributed by atoms with E-state index in [2.05, 4.69) is 54.9 Å². The van der Waals surface area contributed by atoms with E-state index in [4.69, 9.17) is 4.43 Å². The number of aryl methyl sites for hydroxylation is 1. The first-order chi connectivity index (χ1) is 7.56. The Kier molecular flexibility index (Phi) is 4.27. The van der Waals surface area contributed by atoms with Crippen LogP contribution in [-0.4, -0.2) is 18.1 Å². The first-order valence-electron chi connectivity index (χ1n) is 5.88. The molecule has 0 saturated heterocycles. The molecule has 0 aliphatic carbocycles. The van der Waals surface area contributed by atoms with Gasteiger partial charge in [0.2, 0.25) is 0 Å². The van der Waals surface area contributed by atoms with Crippen LogP contribution in [0.5, 0.6) is 0 Å². The Morgan fingerprint density at radius 3 is 2.24 bits per heavy atom. The molecule has 0 atom stereocenters. The number of hydrogen-bond donors (Lipinski definition) is 0. The summed E-state index contributed by atoms with van der Waals surface area (Å²) in [6.07, 6.45) is 0. The molecule has 0 saturated carbocycles. The van der Waals surface area contributed by atoms with Gasteiger partial charge >= 0.3 is 0 Å². The van der Waals surface area contributed by atoms with E-state index in [0.717, 1.165) is 15.9 Å². The van der Waals surface area contributed by atoms with E-state index in [-0.39, 0.29) is 5.04 Å². The van der Waals surface area contributed by atoms with Gasteiger partial charge in [-0.3, -0.25) is 4.68 Å². The quantitative estimate of drug-likeness (QED) is 0.787. The van der Waals surface area contributed by atoms with E-state index in [1.54, 1.807) is 0 Å². The molecule has 0 aliphatic heterocycles. The first-order valence-corrected chi connectivity index (χ1v) is 9.58. The highest BCUT2D eigenvalue weighted by molar-refractivity contribution is 9.10.